The summed E-state index contributed by atoms with van der Waals surface area (Å²) in [6.45, 7) is 6.00. The maximum atomic E-state index is 14.0. The van der Waals surface area contributed by atoms with Crippen LogP contribution in [0.2, 0.25) is 0 Å². The number of hydrogen-bond donors (Lipinski definition) is 5. The van der Waals surface area contributed by atoms with Gasteiger partial charge in [0, 0.05) is 43.0 Å². The van der Waals surface area contributed by atoms with E-state index < -0.39 is 11.9 Å². The van der Waals surface area contributed by atoms with Gasteiger partial charge in [-0.05, 0) is 33.3 Å². The molecule has 1 aliphatic rings. The molecule has 2 rings (SSSR count). The third-order valence-electron chi connectivity index (χ3n) is 4.40. The molecule has 0 saturated carbocycles. The monoisotopic (exact) mass is 377 g/mol. The van der Waals surface area contributed by atoms with E-state index in [-0.39, 0.29) is 40.6 Å². The van der Waals surface area contributed by atoms with Crippen molar-refractivity contribution < 1.29 is 14.2 Å². The highest BCUT2D eigenvalue weighted by atomic mass is 19.1. The molecule has 1 fully saturated rings. The Morgan fingerprint density at radius 2 is 2.11 bits per heavy atom. The summed E-state index contributed by atoms with van der Waals surface area (Å²) in [7, 11) is 1.72. The lowest BCUT2D eigenvalue weighted by Crippen LogP contribution is -2.34. The van der Waals surface area contributed by atoms with Crippen LogP contribution < -0.4 is 15.8 Å². The van der Waals surface area contributed by atoms with Crippen molar-refractivity contribution in [2.24, 2.45) is 0 Å². The molecule has 6 N–H and O–H groups in total. The Labute approximate surface area is 159 Å². The van der Waals surface area contributed by atoms with Crippen LogP contribution in [-0.4, -0.2) is 53.3 Å². The van der Waals surface area contributed by atoms with Crippen molar-refractivity contribution in [3.63, 3.8) is 0 Å². The summed E-state index contributed by atoms with van der Waals surface area (Å²) in [5, 5.41) is 29.5. The second-order valence-electron chi connectivity index (χ2n) is 7.00. The van der Waals surface area contributed by atoms with Crippen LogP contribution in [0.15, 0.2) is 24.0 Å². The van der Waals surface area contributed by atoms with E-state index >= 15 is 0 Å². The van der Waals surface area contributed by atoms with Crippen LogP contribution in [0.1, 0.15) is 32.8 Å². The number of halogens is 1. The molecular formula is C19H28FN5O2. The van der Waals surface area contributed by atoms with E-state index in [1.165, 1.54) is 12.1 Å². The lowest BCUT2D eigenvalue weighted by molar-refractivity contribution is 0.182. The molecule has 1 saturated heterocycles. The van der Waals surface area contributed by atoms with Crippen molar-refractivity contribution in [1.82, 2.24) is 10.2 Å². The van der Waals surface area contributed by atoms with E-state index in [0.29, 0.717) is 18.8 Å². The fraction of sp³-hybridized carbons (Fsp3) is 0.474. The van der Waals surface area contributed by atoms with Gasteiger partial charge in [0.2, 0.25) is 0 Å². The van der Waals surface area contributed by atoms with Crippen molar-refractivity contribution in [3.05, 3.63) is 35.4 Å². The lowest BCUT2D eigenvalue weighted by Gasteiger charge is -2.26. The molecule has 1 heterocycles. The van der Waals surface area contributed by atoms with Crippen molar-refractivity contribution in [3.8, 4) is 5.75 Å². The quantitative estimate of drug-likeness (QED) is 0.368. The number of β-amino-alcohol motifs (C(OH)–C–C–N with tert-alkyl or cyclic N) is 1. The lowest BCUT2D eigenvalue weighted by atomic mass is 10.0. The van der Waals surface area contributed by atoms with Gasteiger partial charge in [0.25, 0.3) is 0 Å². The summed E-state index contributed by atoms with van der Waals surface area (Å²) in [4.78, 5) is 1.95. The number of nitrogen functional groups attached to an aromatic ring is 1. The fourth-order valence-corrected chi connectivity index (χ4v) is 3.12. The Hall–Kier alpha value is -2.61. The van der Waals surface area contributed by atoms with Crippen LogP contribution in [0.25, 0.3) is 0 Å². The van der Waals surface area contributed by atoms with Gasteiger partial charge >= 0.3 is 0 Å². The van der Waals surface area contributed by atoms with Crippen LogP contribution in [0, 0.1) is 16.6 Å². The first-order chi connectivity index (χ1) is 12.6. The minimum absolute atomic E-state index is 0.000794. The average Bonchev–Trinajstić information content (AvgIpc) is 2.92. The predicted molar refractivity (Wildman–Crippen MR) is 105 cm³/mol. The zero-order valence-electron chi connectivity index (χ0n) is 16.1. The molecule has 148 valence electrons. The molecule has 0 amide bonds. The number of benzene rings is 1. The van der Waals surface area contributed by atoms with Crippen LogP contribution >= 0.6 is 0 Å². The zero-order valence-corrected chi connectivity index (χ0v) is 16.1. The van der Waals surface area contributed by atoms with Crippen molar-refractivity contribution >= 4 is 17.1 Å². The van der Waals surface area contributed by atoms with Gasteiger partial charge in [-0.15, -0.1) is 0 Å². The normalized spacial score (nSPS) is 20.1. The van der Waals surface area contributed by atoms with Gasteiger partial charge in [-0.2, -0.15) is 0 Å². The Morgan fingerprint density at radius 3 is 2.63 bits per heavy atom. The molecule has 1 aliphatic heterocycles. The summed E-state index contributed by atoms with van der Waals surface area (Å²) < 4.78 is 19.4. The number of likely N-dealkylation sites (tertiary alicyclic amines) is 1. The zero-order chi connectivity index (χ0) is 20.3. The first-order valence-corrected chi connectivity index (χ1v) is 8.91. The van der Waals surface area contributed by atoms with E-state index in [1.807, 2.05) is 11.8 Å². The molecule has 8 heteroatoms. The second kappa shape index (κ2) is 8.39. The standard InChI is InChI=1S/C19H28FN5O2/c1-10(2)27-17-6-13(15(21)7-14(17)20)19(23)16(22)8-18(24-4)25-9-12(26)5-11(25)3/h6-8,10-12,22-24,26H,5,9,21H2,1-4H3/b18-8+,22-16?,23-19?. The Kier molecular flexibility index (Phi) is 6.43. The van der Waals surface area contributed by atoms with Gasteiger partial charge in [0.1, 0.15) is 5.82 Å². The molecule has 0 radical (unpaired) electrons. The van der Waals surface area contributed by atoms with E-state index in [0.717, 1.165) is 6.07 Å². The number of anilines is 1. The molecule has 7 nitrogen and oxygen atoms in total. The Bertz CT molecular complexity index is 763. The molecule has 2 atom stereocenters. The van der Waals surface area contributed by atoms with Gasteiger partial charge in [-0.25, -0.2) is 4.39 Å². The number of ether oxygens (including phenoxy) is 1. The van der Waals surface area contributed by atoms with Crippen LogP contribution in [0.4, 0.5) is 10.1 Å². The maximum Gasteiger partial charge on any atom is 0.167 e. The van der Waals surface area contributed by atoms with Crippen LogP contribution in [0.3, 0.4) is 0 Å². The van der Waals surface area contributed by atoms with Gasteiger partial charge in [0.15, 0.2) is 11.6 Å². The number of hydrogen-bond acceptors (Lipinski definition) is 7. The first kappa shape index (κ1) is 20.7. The van der Waals surface area contributed by atoms with Crippen LogP contribution in [0.5, 0.6) is 5.75 Å². The number of rotatable bonds is 7. The fourth-order valence-electron chi connectivity index (χ4n) is 3.12. The predicted octanol–water partition coefficient (Wildman–Crippen LogP) is 2.10. The average molecular weight is 377 g/mol. The first-order valence-electron chi connectivity index (χ1n) is 8.91. The highest BCUT2D eigenvalue weighted by molar-refractivity contribution is 6.50. The van der Waals surface area contributed by atoms with Gasteiger partial charge < -0.3 is 25.8 Å². The van der Waals surface area contributed by atoms with E-state index in [2.05, 4.69) is 5.32 Å². The topological polar surface area (TPSA) is 118 Å². The molecule has 27 heavy (non-hydrogen) atoms. The van der Waals surface area contributed by atoms with Crippen molar-refractivity contribution in [2.45, 2.75) is 45.4 Å². The SMILES string of the molecule is CN/C(=C\C(=N)C(=N)c1cc(OC(C)C)c(F)cc1N)N1CC(O)CC1C. The summed E-state index contributed by atoms with van der Waals surface area (Å²) in [5.74, 6) is 0.0320. The van der Waals surface area contributed by atoms with Gasteiger partial charge in [-0.1, -0.05) is 0 Å². The molecule has 1 aromatic rings. The molecule has 1 aromatic carbocycles. The number of nitrogens with zero attached hydrogens (tertiary/aromatic N) is 1. The molecule has 0 spiro atoms. The number of nitrogens with two attached hydrogens (primary N) is 1. The second-order valence-corrected chi connectivity index (χ2v) is 7.00. The summed E-state index contributed by atoms with van der Waals surface area (Å²) in [5.41, 5.74) is 5.96. The third-order valence-corrected chi connectivity index (χ3v) is 4.40. The Morgan fingerprint density at radius 1 is 1.44 bits per heavy atom. The number of aliphatic hydroxyl groups is 1. The molecule has 0 bridgehead atoms. The van der Waals surface area contributed by atoms with E-state index in [4.69, 9.17) is 21.3 Å². The molecule has 0 aromatic heterocycles. The van der Waals surface area contributed by atoms with Gasteiger partial charge in [0.05, 0.1) is 23.6 Å². The van der Waals surface area contributed by atoms with Gasteiger partial charge in [-0.3, -0.25) is 10.8 Å². The van der Waals surface area contributed by atoms with Crippen LogP contribution in [-0.2, 0) is 0 Å². The minimum Gasteiger partial charge on any atom is -0.488 e. The van der Waals surface area contributed by atoms with Crippen molar-refractivity contribution in [2.75, 3.05) is 19.3 Å². The number of aliphatic hydroxyl groups excluding tert-OH is 1. The highest BCUT2D eigenvalue weighted by Gasteiger charge is 2.29. The summed E-state index contributed by atoms with van der Waals surface area (Å²) >= 11 is 0. The summed E-state index contributed by atoms with van der Waals surface area (Å²) in [6, 6.07) is 2.58. The summed E-state index contributed by atoms with van der Waals surface area (Å²) in [6.07, 6.45) is 1.50. The largest absolute Gasteiger partial charge is 0.488 e. The maximum absolute atomic E-state index is 14.0. The minimum atomic E-state index is -0.601. The van der Waals surface area contributed by atoms with Crippen molar-refractivity contribution in [1.29, 1.82) is 10.8 Å². The Balaban J connectivity index is 2.29. The number of allylic oxidation sites excluding steroid dienone is 1. The molecule has 2 unspecified atom stereocenters. The smallest absolute Gasteiger partial charge is 0.167 e. The van der Waals surface area contributed by atoms with E-state index in [9.17, 15) is 9.50 Å². The molecule has 0 aliphatic carbocycles. The molecular weight excluding hydrogens is 349 g/mol. The third kappa shape index (κ3) is 4.77. The highest BCUT2D eigenvalue weighted by Crippen LogP contribution is 2.26. The van der Waals surface area contributed by atoms with E-state index in [1.54, 1.807) is 20.9 Å². The number of nitrogens with one attached hydrogen (secondary N) is 3.